The number of nitrogens with one attached hydrogen (secondary N) is 1. The van der Waals surface area contributed by atoms with Crippen LogP contribution in [0.1, 0.15) is 46.1 Å². The van der Waals surface area contributed by atoms with Crippen LogP contribution in [0.2, 0.25) is 0 Å². The van der Waals surface area contributed by atoms with Gasteiger partial charge in [0.2, 0.25) is 0 Å². The summed E-state index contributed by atoms with van der Waals surface area (Å²) in [6.45, 7) is 0.693. The van der Waals surface area contributed by atoms with Gasteiger partial charge in [0.15, 0.2) is 6.10 Å². The van der Waals surface area contributed by atoms with Crippen LogP contribution in [-0.2, 0) is 11.2 Å². The predicted molar refractivity (Wildman–Crippen MR) is 112 cm³/mol. The van der Waals surface area contributed by atoms with E-state index in [-0.39, 0.29) is 5.91 Å². The Morgan fingerprint density at radius 1 is 0.862 bits per heavy atom. The van der Waals surface area contributed by atoms with E-state index >= 15 is 0 Å². The number of carbonyl (C=O) groups excluding carboxylic acids is 1. The number of para-hydroxylation sites is 1. The van der Waals surface area contributed by atoms with E-state index in [1.165, 1.54) is 22.3 Å². The summed E-state index contributed by atoms with van der Waals surface area (Å²) in [5.41, 5.74) is 6.92. The number of carbonyl (C=O) groups is 1. The van der Waals surface area contributed by atoms with E-state index in [2.05, 4.69) is 53.8 Å². The molecule has 4 aliphatic rings. The van der Waals surface area contributed by atoms with E-state index in [1.807, 2.05) is 24.3 Å². The first kappa shape index (κ1) is 16.8. The van der Waals surface area contributed by atoms with E-state index in [0.29, 0.717) is 30.7 Å². The zero-order valence-electron chi connectivity index (χ0n) is 16.2. The van der Waals surface area contributed by atoms with Crippen molar-refractivity contribution < 1.29 is 9.53 Å². The van der Waals surface area contributed by atoms with Crippen molar-refractivity contribution in [1.82, 2.24) is 5.32 Å². The van der Waals surface area contributed by atoms with Crippen molar-refractivity contribution in [3.8, 4) is 5.75 Å². The Bertz CT molecular complexity index is 1030. The van der Waals surface area contributed by atoms with Gasteiger partial charge in [-0.2, -0.15) is 0 Å². The van der Waals surface area contributed by atoms with Crippen LogP contribution in [0.15, 0.2) is 72.8 Å². The van der Waals surface area contributed by atoms with Crippen molar-refractivity contribution in [2.24, 2.45) is 5.92 Å². The van der Waals surface area contributed by atoms with Gasteiger partial charge in [0.1, 0.15) is 5.75 Å². The fourth-order valence-corrected chi connectivity index (χ4v) is 5.63. The number of amides is 1. The first-order valence-electron chi connectivity index (χ1n) is 10.5. The van der Waals surface area contributed by atoms with Crippen molar-refractivity contribution >= 4 is 5.91 Å². The number of rotatable bonds is 3. The third-order valence-electron chi connectivity index (χ3n) is 6.90. The van der Waals surface area contributed by atoms with Gasteiger partial charge >= 0.3 is 0 Å². The molecule has 144 valence electrons. The van der Waals surface area contributed by atoms with Gasteiger partial charge in [0.25, 0.3) is 5.91 Å². The van der Waals surface area contributed by atoms with Crippen molar-refractivity contribution in [2.45, 2.75) is 30.8 Å². The van der Waals surface area contributed by atoms with E-state index in [1.54, 1.807) is 0 Å². The van der Waals surface area contributed by atoms with E-state index in [4.69, 9.17) is 4.74 Å². The quantitative estimate of drug-likeness (QED) is 0.730. The highest BCUT2D eigenvalue weighted by Crippen LogP contribution is 2.55. The van der Waals surface area contributed by atoms with Gasteiger partial charge in [-0.15, -0.1) is 0 Å². The number of hydrogen-bond donors (Lipinski definition) is 1. The number of benzene rings is 3. The summed E-state index contributed by atoms with van der Waals surface area (Å²) >= 11 is 0. The maximum Gasteiger partial charge on any atom is 0.261 e. The van der Waals surface area contributed by atoms with Crippen LogP contribution in [-0.4, -0.2) is 18.6 Å². The fourth-order valence-electron chi connectivity index (χ4n) is 5.63. The lowest BCUT2D eigenvalue weighted by atomic mass is 9.59. The standard InChI is InChI=1S/C26H23NO2/c28-26(24-14-16-7-1-6-12-23(16)29-24)27-15-17-13-22-18-8-2-4-10-20(18)25(17)21-11-5-3-9-19(21)22/h1-12,17,22,24-25H,13-15H2,(H,27,28). The fraction of sp³-hybridized carbons (Fsp3) is 0.269. The van der Waals surface area contributed by atoms with Gasteiger partial charge in [-0.05, 0) is 46.2 Å². The molecule has 29 heavy (non-hydrogen) atoms. The van der Waals surface area contributed by atoms with Gasteiger partial charge in [0, 0.05) is 24.8 Å². The van der Waals surface area contributed by atoms with E-state index in [0.717, 1.165) is 17.7 Å². The van der Waals surface area contributed by atoms with Gasteiger partial charge in [-0.1, -0.05) is 66.7 Å². The van der Waals surface area contributed by atoms with Gasteiger partial charge in [-0.3, -0.25) is 4.79 Å². The monoisotopic (exact) mass is 381 g/mol. The van der Waals surface area contributed by atoms with E-state index < -0.39 is 6.10 Å². The lowest BCUT2D eigenvalue weighted by molar-refractivity contribution is -0.127. The molecule has 0 saturated carbocycles. The van der Waals surface area contributed by atoms with Gasteiger partial charge in [0.05, 0.1) is 0 Å². The topological polar surface area (TPSA) is 38.3 Å². The third kappa shape index (κ3) is 2.61. The van der Waals surface area contributed by atoms with Crippen LogP contribution in [0.3, 0.4) is 0 Å². The lowest BCUT2D eigenvalue weighted by Gasteiger charge is -2.45. The summed E-state index contributed by atoms with van der Waals surface area (Å²) < 4.78 is 5.87. The summed E-state index contributed by atoms with van der Waals surface area (Å²) in [5.74, 6) is 2.05. The van der Waals surface area contributed by atoms with Crippen LogP contribution in [0, 0.1) is 5.92 Å². The second-order valence-electron chi connectivity index (χ2n) is 8.45. The highest BCUT2D eigenvalue weighted by Gasteiger charge is 2.43. The number of ether oxygens (including phenoxy) is 1. The molecule has 0 fully saturated rings. The molecule has 2 bridgehead atoms. The second kappa shape index (κ2) is 6.48. The first-order chi connectivity index (χ1) is 14.3. The third-order valence-corrected chi connectivity index (χ3v) is 6.90. The number of fused-ring (bicyclic) bond motifs is 2. The molecule has 0 aromatic heterocycles. The Hall–Kier alpha value is -3.07. The predicted octanol–water partition coefficient (Wildman–Crippen LogP) is 4.40. The van der Waals surface area contributed by atoms with Crippen LogP contribution in [0.5, 0.6) is 5.75 Å². The Balaban J connectivity index is 1.22. The first-order valence-corrected chi connectivity index (χ1v) is 10.5. The second-order valence-corrected chi connectivity index (χ2v) is 8.45. The van der Waals surface area contributed by atoms with Gasteiger partial charge < -0.3 is 10.1 Å². The van der Waals surface area contributed by atoms with Gasteiger partial charge in [-0.25, -0.2) is 0 Å². The normalized spacial score (nSPS) is 25.5. The molecule has 3 aromatic rings. The van der Waals surface area contributed by atoms with Crippen molar-refractivity contribution in [1.29, 1.82) is 0 Å². The minimum Gasteiger partial charge on any atom is -0.480 e. The van der Waals surface area contributed by atoms with Crippen LogP contribution in [0.4, 0.5) is 0 Å². The average molecular weight is 381 g/mol. The summed E-state index contributed by atoms with van der Waals surface area (Å²) in [5, 5.41) is 3.21. The van der Waals surface area contributed by atoms with Crippen molar-refractivity contribution in [3.05, 3.63) is 101 Å². The molecule has 0 radical (unpaired) electrons. The molecule has 1 heterocycles. The Labute approximate surface area is 170 Å². The molecule has 0 spiro atoms. The lowest BCUT2D eigenvalue weighted by Crippen LogP contribution is -2.43. The van der Waals surface area contributed by atoms with Crippen molar-refractivity contribution in [3.63, 3.8) is 0 Å². The minimum atomic E-state index is -0.409. The number of hydrogen-bond acceptors (Lipinski definition) is 2. The molecular formula is C26H23NO2. The summed E-state index contributed by atoms with van der Waals surface area (Å²) in [4.78, 5) is 12.8. The zero-order valence-corrected chi connectivity index (χ0v) is 16.2. The van der Waals surface area contributed by atoms with E-state index in [9.17, 15) is 4.79 Å². The molecule has 1 aliphatic heterocycles. The van der Waals surface area contributed by atoms with Crippen molar-refractivity contribution in [2.75, 3.05) is 6.54 Å². The molecule has 3 heteroatoms. The zero-order chi connectivity index (χ0) is 19.4. The van der Waals surface area contributed by atoms with Crippen LogP contribution >= 0.6 is 0 Å². The molecule has 3 nitrogen and oxygen atoms in total. The summed E-state index contributed by atoms with van der Waals surface area (Å²) in [6, 6.07) is 25.6. The maximum absolute atomic E-state index is 12.8. The Morgan fingerprint density at radius 3 is 2.17 bits per heavy atom. The molecule has 2 unspecified atom stereocenters. The van der Waals surface area contributed by atoms with Crippen LogP contribution < -0.4 is 10.1 Å². The average Bonchev–Trinajstić information content (AvgIpc) is 3.22. The summed E-state index contributed by atoms with van der Waals surface area (Å²) in [6.07, 6.45) is 1.34. The highest BCUT2D eigenvalue weighted by atomic mass is 16.5. The molecular weight excluding hydrogens is 358 g/mol. The summed E-state index contributed by atoms with van der Waals surface area (Å²) in [7, 11) is 0. The molecule has 1 amide bonds. The van der Waals surface area contributed by atoms with Crippen LogP contribution in [0.25, 0.3) is 0 Å². The molecule has 3 aromatic carbocycles. The largest absolute Gasteiger partial charge is 0.480 e. The molecule has 3 aliphatic carbocycles. The molecule has 1 N–H and O–H groups in total. The highest BCUT2D eigenvalue weighted by molar-refractivity contribution is 5.82. The molecule has 7 rings (SSSR count). The molecule has 0 saturated heterocycles. The Kier molecular flexibility index (Phi) is 3.77. The maximum atomic E-state index is 12.8. The Morgan fingerprint density at radius 2 is 1.48 bits per heavy atom. The molecule has 2 atom stereocenters. The SMILES string of the molecule is O=C(NCC1CC2c3ccccc3C1c1ccccc12)C1Cc2ccccc2O1. The minimum absolute atomic E-state index is 0.00390. The smallest absolute Gasteiger partial charge is 0.261 e.